The van der Waals surface area contributed by atoms with Crippen LogP contribution >= 0.6 is 0 Å². The number of nitrogens with zero attached hydrogens (tertiary/aromatic N) is 1. The van der Waals surface area contributed by atoms with Crippen LogP contribution in [0.5, 0.6) is 0 Å². The fourth-order valence-electron chi connectivity index (χ4n) is 2.93. The first-order chi connectivity index (χ1) is 8.68. The molecule has 1 N–H and O–H groups in total. The van der Waals surface area contributed by atoms with Gasteiger partial charge in [0.25, 0.3) is 0 Å². The molecule has 1 amide bonds. The summed E-state index contributed by atoms with van der Waals surface area (Å²) >= 11 is 0. The molecule has 0 spiro atoms. The summed E-state index contributed by atoms with van der Waals surface area (Å²) in [7, 11) is 0. The van der Waals surface area contributed by atoms with Gasteiger partial charge >= 0.3 is 0 Å². The first-order valence-corrected chi connectivity index (χ1v) is 6.43. The molecule has 0 radical (unpaired) electrons. The molecular formula is C15H18N2O. The highest BCUT2D eigenvalue weighted by atomic mass is 16.1. The van der Waals surface area contributed by atoms with E-state index in [9.17, 15) is 10.1 Å². The summed E-state index contributed by atoms with van der Waals surface area (Å²) < 4.78 is 0. The molecular weight excluding hydrogens is 224 g/mol. The van der Waals surface area contributed by atoms with Gasteiger partial charge in [0, 0.05) is 12.8 Å². The number of hydrogen-bond donors (Lipinski definition) is 1. The molecule has 2 rings (SSSR count). The Kier molecular flexibility index (Phi) is 3.66. The van der Waals surface area contributed by atoms with Crippen molar-refractivity contribution in [2.75, 3.05) is 0 Å². The Bertz CT molecular complexity index is 463. The van der Waals surface area contributed by atoms with Crippen LogP contribution in [0.2, 0.25) is 0 Å². The second kappa shape index (κ2) is 5.22. The Balaban J connectivity index is 2.36. The van der Waals surface area contributed by atoms with Crippen molar-refractivity contribution in [1.82, 2.24) is 5.32 Å². The van der Waals surface area contributed by atoms with Crippen LogP contribution in [0.25, 0.3) is 0 Å². The van der Waals surface area contributed by atoms with Gasteiger partial charge in [0.15, 0.2) is 0 Å². The van der Waals surface area contributed by atoms with Crippen LogP contribution in [0, 0.1) is 11.3 Å². The lowest BCUT2D eigenvalue weighted by Crippen LogP contribution is -2.52. The number of nitriles is 1. The molecule has 0 bridgehead atoms. The molecule has 1 fully saturated rings. The SMILES string of the molecule is CC(=O)N[C@]1(C#N)CCCC[C@@H]1c1ccccc1. The average Bonchev–Trinajstić information content (AvgIpc) is 2.39. The summed E-state index contributed by atoms with van der Waals surface area (Å²) in [5.41, 5.74) is 0.415. The Morgan fingerprint density at radius 2 is 2.11 bits per heavy atom. The molecule has 1 aliphatic rings. The smallest absolute Gasteiger partial charge is 0.218 e. The zero-order valence-electron chi connectivity index (χ0n) is 10.6. The van der Waals surface area contributed by atoms with E-state index in [1.165, 1.54) is 6.92 Å². The largest absolute Gasteiger partial charge is 0.338 e. The van der Waals surface area contributed by atoms with E-state index in [-0.39, 0.29) is 11.8 Å². The van der Waals surface area contributed by atoms with Gasteiger partial charge in [-0.15, -0.1) is 0 Å². The topological polar surface area (TPSA) is 52.9 Å². The van der Waals surface area contributed by atoms with Gasteiger partial charge in [0.1, 0.15) is 5.54 Å². The molecule has 0 aliphatic heterocycles. The second-order valence-corrected chi connectivity index (χ2v) is 4.97. The second-order valence-electron chi connectivity index (χ2n) is 4.97. The van der Waals surface area contributed by atoms with Gasteiger partial charge in [-0.05, 0) is 24.8 Å². The van der Waals surface area contributed by atoms with Crippen molar-refractivity contribution in [2.45, 2.75) is 44.1 Å². The monoisotopic (exact) mass is 242 g/mol. The van der Waals surface area contributed by atoms with Crippen LogP contribution in [-0.2, 0) is 4.79 Å². The van der Waals surface area contributed by atoms with E-state index in [1.54, 1.807) is 0 Å². The molecule has 94 valence electrons. The number of amides is 1. The van der Waals surface area contributed by atoms with E-state index in [2.05, 4.69) is 11.4 Å². The molecule has 0 unspecified atom stereocenters. The zero-order valence-corrected chi connectivity index (χ0v) is 10.6. The fraction of sp³-hybridized carbons (Fsp3) is 0.467. The summed E-state index contributed by atoms with van der Waals surface area (Å²) in [6, 6.07) is 12.4. The Hall–Kier alpha value is -1.82. The highest BCUT2D eigenvalue weighted by molar-refractivity contribution is 5.74. The van der Waals surface area contributed by atoms with Crippen molar-refractivity contribution in [2.24, 2.45) is 0 Å². The van der Waals surface area contributed by atoms with Gasteiger partial charge in [-0.1, -0.05) is 36.8 Å². The number of carbonyl (C=O) groups excluding carboxylic acids is 1. The summed E-state index contributed by atoms with van der Waals surface area (Å²) in [5, 5.41) is 12.5. The fourth-order valence-corrected chi connectivity index (χ4v) is 2.93. The molecule has 0 heterocycles. The Morgan fingerprint density at radius 3 is 2.72 bits per heavy atom. The minimum Gasteiger partial charge on any atom is -0.338 e. The molecule has 1 aromatic rings. The number of hydrogen-bond acceptors (Lipinski definition) is 2. The Morgan fingerprint density at radius 1 is 1.39 bits per heavy atom. The van der Waals surface area contributed by atoms with Crippen molar-refractivity contribution in [3.8, 4) is 6.07 Å². The zero-order chi connectivity index (χ0) is 13.0. The molecule has 3 nitrogen and oxygen atoms in total. The molecule has 18 heavy (non-hydrogen) atoms. The van der Waals surface area contributed by atoms with Crippen LogP contribution in [0.1, 0.15) is 44.1 Å². The van der Waals surface area contributed by atoms with Crippen molar-refractivity contribution in [3.63, 3.8) is 0 Å². The van der Waals surface area contributed by atoms with Gasteiger partial charge in [-0.25, -0.2) is 0 Å². The van der Waals surface area contributed by atoms with Crippen molar-refractivity contribution in [3.05, 3.63) is 35.9 Å². The quantitative estimate of drug-likeness (QED) is 0.867. The molecule has 3 heteroatoms. The predicted octanol–water partition coefficient (Wildman–Crippen LogP) is 2.74. The third kappa shape index (κ3) is 2.38. The summed E-state index contributed by atoms with van der Waals surface area (Å²) in [6.45, 7) is 1.48. The van der Waals surface area contributed by atoms with Crippen LogP contribution in [-0.4, -0.2) is 11.4 Å². The van der Waals surface area contributed by atoms with Gasteiger partial charge in [0.05, 0.1) is 6.07 Å². The summed E-state index contributed by atoms with van der Waals surface area (Å²) in [6.07, 6.45) is 3.81. The van der Waals surface area contributed by atoms with Crippen LogP contribution < -0.4 is 5.32 Å². The maximum absolute atomic E-state index is 11.4. The minimum atomic E-state index is -0.731. The number of benzene rings is 1. The third-order valence-electron chi connectivity index (χ3n) is 3.71. The maximum atomic E-state index is 11.4. The lowest BCUT2D eigenvalue weighted by molar-refractivity contribution is -0.120. The van der Waals surface area contributed by atoms with Crippen molar-refractivity contribution < 1.29 is 4.79 Å². The van der Waals surface area contributed by atoms with Crippen LogP contribution in [0.4, 0.5) is 0 Å². The highest BCUT2D eigenvalue weighted by Gasteiger charge is 2.42. The molecule has 0 aromatic heterocycles. The van der Waals surface area contributed by atoms with E-state index >= 15 is 0 Å². The van der Waals surface area contributed by atoms with Gasteiger partial charge in [0.2, 0.25) is 5.91 Å². The first-order valence-electron chi connectivity index (χ1n) is 6.43. The van der Waals surface area contributed by atoms with Crippen molar-refractivity contribution in [1.29, 1.82) is 5.26 Å². The van der Waals surface area contributed by atoms with Gasteiger partial charge < -0.3 is 5.32 Å². The highest BCUT2D eigenvalue weighted by Crippen LogP contribution is 2.40. The predicted molar refractivity (Wildman–Crippen MR) is 69.8 cm³/mol. The summed E-state index contributed by atoms with van der Waals surface area (Å²) in [4.78, 5) is 11.4. The molecule has 1 saturated carbocycles. The number of nitrogens with one attached hydrogen (secondary N) is 1. The third-order valence-corrected chi connectivity index (χ3v) is 3.71. The van der Waals surface area contributed by atoms with E-state index < -0.39 is 5.54 Å². The van der Waals surface area contributed by atoms with Crippen LogP contribution in [0.3, 0.4) is 0 Å². The van der Waals surface area contributed by atoms with Gasteiger partial charge in [-0.3, -0.25) is 4.79 Å². The maximum Gasteiger partial charge on any atom is 0.218 e. The standard InChI is InChI=1S/C15H18N2O/c1-12(18)17-15(11-16)10-6-5-9-14(15)13-7-3-2-4-8-13/h2-4,7-8,14H,5-6,9-10H2,1H3,(H,17,18)/t14-,15+/m1/s1. The lowest BCUT2D eigenvalue weighted by Gasteiger charge is -2.39. The van der Waals surface area contributed by atoms with E-state index in [0.29, 0.717) is 0 Å². The average molecular weight is 242 g/mol. The molecule has 1 aromatic carbocycles. The lowest BCUT2D eigenvalue weighted by atomic mass is 9.70. The van der Waals surface area contributed by atoms with Crippen molar-refractivity contribution >= 4 is 5.91 Å². The molecule has 1 aliphatic carbocycles. The molecule has 2 atom stereocenters. The number of rotatable bonds is 2. The Labute approximate surface area is 108 Å². The van der Waals surface area contributed by atoms with E-state index in [1.807, 2.05) is 30.3 Å². The normalized spacial score (nSPS) is 27.2. The molecule has 0 saturated heterocycles. The van der Waals surface area contributed by atoms with Crippen LogP contribution in [0.15, 0.2) is 30.3 Å². The van der Waals surface area contributed by atoms with E-state index in [0.717, 1.165) is 31.2 Å². The van der Waals surface area contributed by atoms with Gasteiger partial charge in [-0.2, -0.15) is 5.26 Å². The first kappa shape index (κ1) is 12.6. The minimum absolute atomic E-state index is 0.0985. The summed E-state index contributed by atoms with van der Waals surface area (Å²) in [5.74, 6) is -0.0271. The number of carbonyl (C=O) groups is 1. The van der Waals surface area contributed by atoms with E-state index in [4.69, 9.17) is 0 Å².